The highest BCUT2D eigenvalue weighted by atomic mass is 16.5. The molecule has 3 nitrogen and oxygen atoms in total. The maximum absolute atomic E-state index is 5.93. The fourth-order valence-electron chi connectivity index (χ4n) is 3.04. The first-order chi connectivity index (χ1) is 9.47. The molecular formula is C17H36N2O. The van der Waals surface area contributed by atoms with Crippen LogP contribution in [-0.2, 0) is 4.74 Å². The van der Waals surface area contributed by atoms with E-state index >= 15 is 0 Å². The minimum absolute atomic E-state index is 0.337. The van der Waals surface area contributed by atoms with Gasteiger partial charge < -0.3 is 15.0 Å². The summed E-state index contributed by atoms with van der Waals surface area (Å²) < 4.78 is 5.93. The summed E-state index contributed by atoms with van der Waals surface area (Å²) in [6, 6.07) is 0.601. The number of nitrogens with one attached hydrogen (secondary N) is 1. The van der Waals surface area contributed by atoms with E-state index < -0.39 is 0 Å². The van der Waals surface area contributed by atoms with Gasteiger partial charge in [-0.1, -0.05) is 34.6 Å². The highest BCUT2D eigenvalue weighted by molar-refractivity contribution is 4.82. The average Bonchev–Trinajstić information content (AvgIpc) is 2.40. The van der Waals surface area contributed by atoms with Crippen LogP contribution in [0.2, 0.25) is 0 Å². The first kappa shape index (κ1) is 17.9. The van der Waals surface area contributed by atoms with Crippen molar-refractivity contribution in [2.24, 2.45) is 5.41 Å². The molecule has 2 atom stereocenters. The predicted molar refractivity (Wildman–Crippen MR) is 87.2 cm³/mol. The van der Waals surface area contributed by atoms with Crippen molar-refractivity contribution in [2.45, 2.75) is 72.4 Å². The molecule has 1 aliphatic rings. The number of ether oxygens (including phenoxy) is 1. The lowest BCUT2D eigenvalue weighted by Gasteiger charge is -2.36. The Bertz CT molecular complexity index is 250. The minimum atomic E-state index is 0.337. The average molecular weight is 284 g/mol. The number of hydrogen-bond acceptors (Lipinski definition) is 3. The van der Waals surface area contributed by atoms with E-state index in [1.165, 1.54) is 32.4 Å². The van der Waals surface area contributed by atoms with Crippen molar-refractivity contribution >= 4 is 0 Å². The van der Waals surface area contributed by atoms with Crippen molar-refractivity contribution in [2.75, 3.05) is 32.8 Å². The molecule has 0 aliphatic carbocycles. The topological polar surface area (TPSA) is 24.5 Å². The molecule has 120 valence electrons. The number of likely N-dealkylation sites (tertiary alicyclic amines) is 1. The summed E-state index contributed by atoms with van der Waals surface area (Å²) in [5.41, 5.74) is 0.337. The Kier molecular flexibility index (Phi) is 8.08. The quantitative estimate of drug-likeness (QED) is 0.740. The van der Waals surface area contributed by atoms with Crippen LogP contribution in [0.25, 0.3) is 0 Å². The van der Waals surface area contributed by atoms with Crippen LogP contribution in [0, 0.1) is 5.41 Å². The van der Waals surface area contributed by atoms with E-state index in [0.29, 0.717) is 17.6 Å². The van der Waals surface area contributed by atoms with Gasteiger partial charge in [0.25, 0.3) is 0 Å². The van der Waals surface area contributed by atoms with Gasteiger partial charge in [0.15, 0.2) is 0 Å². The molecule has 1 N–H and O–H groups in total. The maximum Gasteiger partial charge on any atom is 0.0702 e. The molecule has 0 bridgehead atoms. The van der Waals surface area contributed by atoms with Crippen molar-refractivity contribution in [1.82, 2.24) is 10.2 Å². The maximum atomic E-state index is 5.93. The van der Waals surface area contributed by atoms with E-state index in [1.54, 1.807) is 0 Å². The van der Waals surface area contributed by atoms with Gasteiger partial charge in [-0.15, -0.1) is 0 Å². The molecule has 0 saturated carbocycles. The first-order valence-corrected chi connectivity index (χ1v) is 8.54. The second-order valence-electron chi connectivity index (χ2n) is 7.20. The molecule has 3 heteroatoms. The number of nitrogens with zero attached hydrogens (tertiary/aromatic N) is 1. The normalized spacial score (nSPS) is 22.9. The molecular weight excluding hydrogens is 248 g/mol. The van der Waals surface area contributed by atoms with E-state index in [1.807, 2.05) is 0 Å². The standard InChI is InChI=1S/C17H36N2O/c1-6-13-20-15-9-8-11-19(14-15)12-10-16(18-7-2)17(3,4)5/h15-16,18H,6-14H2,1-5H3. The van der Waals surface area contributed by atoms with Gasteiger partial charge >= 0.3 is 0 Å². The van der Waals surface area contributed by atoms with Crippen LogP contribution < -0.4 is 5.32 Å². The van der Waals surface area contributed by atoms with Gasteiger partial charge in [0.1, 0.15) is 0 Å². The summed E-state index contributed by atoms with van der Waals surface area (Å²) in [7, 11) is 0. The fraction of sp³-hybridized carbons (Fsp3) is 1.00. The number of rotatable bonds is 8. The molecule has 1 heterocycles. The van der Waals surface area contributed by atoms with Gasteiger partial charge in [-0.3, -0.25) is 0 Å². The van der Waals surface area contributed by atoms with Crippen LogP contribution in [0.5, 0.6) is 0 Å². The summed E-state index contributed by atoms with van der Waals surface area (Å²) in [5.74, 6) is 0. The lowest BCUT2D eigenvalue weighted by molar-refractivity contribution is -0.00171. The van der Waals surface area contributed by atoms with Crippen LogP contribution in [0.3, 0.4) is 0 Å². The van der Waals surface area contributed by atoms with Crippen molar-refractivity contribution in [3.05, 3.63) is 0 Å². The summed E-state index contributed by atoms with van der Waals surface area (Å²) >= 11 is 0. The summed E-state index contributed by atoms with van der Waals surface area (Å²) in [6.07, 6.45) is 5.36. The SMILES string of the molecule is CCCOC1CCCN(CCC(NCC)C(C)(C)C)C1. The van der Waals surface area contributed by atoms with Crippen molar-refractivity contribution in [3.8, 4) is 0 Å². The molecule has 0 aromatic rings. The van der Waals surface area contributed by atoms with Crippen molar-refractivity contribution in [1.29, 1.82) is 0 Å². The van der Waals surface area contributed by atoms with Crippen LogP contribution in [0.15, 0.2) is 0 Å². The van der Waals surface area contributed by atoms with E-state index in [9.17, 15) is 0 Å². The molecule has 0 aromatic carbocycles. The smallest absolute Gasteiger partial charge is 0.0702 e. The monoisotopic (exact) mass is 284 g/mol. The van der Waals surface area contributed by atoms with E-state index in [2.05, 4.69) is 44.8 Å². The molecule has 1 rings (SSSR count). The lowest BCUT2D eigenvalue weighted by atomic mass is 9.84. The molecule has 0 amide bonds. The highest BCUT2D eigenvalue weighted by Gasteiger charge is 2.26. The molecule has 0 spiro atoms. The molecule has 1 fully saturated rings. The Hall–Kier alpha value is -0.120. The van der Waals surface area contributed by atoms with Crippen molar-refractivity contribution in [3.63, 3.8) is 0 Å². The third-order valence-corrected chi connectivity index (χ3v) is 4.25. The van der Waals surface area contributed by atoms with E-state index in [-0.39, 0.29) is 0 Å². The largest absolute Gasteiger partial charge is 0.377 e. The minimum Gasteiger partial charge on any atom is -0.377 e. The van der Waals surface area contributed by atoms with E-state index in [4.69, 9.17) is 4.74 Å². The van der Waals surface area contributed by atoms with Crippen molar-refractivity contribution < 1.29 is 4.74 Å². The highest BCUT2D eigenvalue weighted by Crippen LogP contribution is 2.23. The fourth-order valence-corrected chi connectivity index (χ4v) is 3.04. The van der Waals surface area contributed by atoms with E-state index in [0.717, 1.165) is 26.1 Å². The second-order valence-corrected chi connectivity index (χ2v) is 7.20. The van der Waals surface area contributed by atoms with Crippen LogP contribution in [0.1, 0.15) is 60.3 Å². The Morgan fingerprint density at radius 1 is 1.30 bits per heavy atom. The Labute approximate surface area is 126 Å². The Balaban J connectivity index is 2.35. The van der Waals surface area contributed by atoms with Gasteiger partial charge in [0.2, 0.25) is 0 Å². The Morgan fingerprint density at radius 2 is 2.05 bits per heavy atom. The summed E-state index contributed by atoms with van der Waals surface area (Å²) in [4.78, 5) is 2.60. The summed E-state index contributed by atoms with van der Waals surface area (Å²) in [6.45, 7) is 16.9. The van der Waals surface area contributed by atoms with Gasteiger partial charge in [0, 0.05) is 19.2 Å². The van der Waals surface area contributed by atoms with Gasteiger partial charge in [-0.05, 0) is 50.7 Å². The number of hydrogen-bond donors (Lipinski definition) is 1. The predicted octanol–water partition coefficient (Wildman–Crippen LogP) is 3.29. The zero-order valence-corrected chi connectivity index (χ0v) is 14.4. The molecule has 20 heavy (non-hydrogen) atoms. The van der Waals surface area contributed by atoms with Crippen LogP contribution in [0.4, 0.5) is 0 Å². The zero-order valence-electron chi connectivity index (χ0n) is 14.4. The van der Waals surface area contributed by atoms with Crippen LogP contribution in [-0.4, -0.2) is 49.8 Å². The zero-order chi connectivity index (χ0) is 15.0. The molecule has 1 saturated heterocycles. The molecule has 0 radical (unpaired) electrons. The van der Waals surface area contributed by atoms with Crippen LogP contribution >= 0.6 is 0 Å². The van der Waals surface area contributed by atoms with Gasteiger partial charge in [0.05, 0.1) is 6.10 Å². The second kappa shape index (κ2) is 9.01. The number of piperidine rings is 1. The molecule has 1 aliphatic heterocycles. The third-order valence-electron chi connectivity index (χ3n) is 4.25. The third kappa shape index (κ3) is 6.55. The Morgan fingerprint density at radius 3 is 2.65 bits per heavy atom. The van der Waals surface area contributed by atoms with Gasteiger partial charge in [-0.25, -0.2) is 0 Å². The summed E-state index contributed by atoms with van der Waals surface area (Å²) in [5, 5.41) is 3.65. The molecule has 0 aromatic heterocycles. The molecule has 2 unspecified atom stereocenters. The lowest BCUT2D eigenvalue weighted by Crippen LogP contribution is -2.45. The first-order valence-electron chi connectivity index (χ1n) is 8.54. The van der Waals surface area contributed by atoms with Gasteiger partial charge in [-0.2, -0.15) is 0 Å².